The van der Waals surface area contributed by atoms with E-state index >= 15 is 0 Å². The zero-order valence-electron chi connectivity index (χ0n) is 13.7. The van der Waals surface area contributed by atoms with Crippen LogP contribution >= 0.6 is 0 Å². The molecule has 118 valence electrons. The van der Waals surface area contributed by atoms with Gasteiger partial charge in [0.05, 0.1) is 0 Å². The molecule has 2 aliphatic rings. The maximum absolute atomic E-state index is 3.81. The lowest BCUT2D eigenvalue weighted by Crippen LogP contribution is -2.46. The van der Waals surface area contributed by atoms with Gasteiger partial charge in [0.1, 0.15) is 0 Å². The second-order valence-electron chi connectivity index (χ2n) is 7.07. The van der Waals surface area contributed by atoms with Crippen molar-refractivity contribution in [1.82, 2.24) is 15.5 Å². The Balaban J connectivity index is 1.63. The molecule has 0 spiro atoms. The Morgan fingerprint density at radius 3 is 2.55 bits per heavy atom. The van der Waals surface area contributed by atoms with Crippen molar-refractivity contribution in [3.05, 3.63) is 0 Å². The SMILES string of the molecule is CC(CC1CCCCCN1)NC(C)CN1CCCCC1. The third kappa shape index (κ3) is 6.11. The van der Waals surface area contributed by atoms with Crippen molar-refractivity contribution in [2.45, 2.75) is 83.3 Å². The Labute approximate surface area is 125 Å². The molecular weight excluding hydrogens is 246 g/mol. The molecule has 0 aromatic heterocycles. The summed E-state index contributed by atoms with van der Waals surface area (Å²) in [5.41, 5.74) is 0. The maximum atomic E-state index is 3.81. The highest BCUT2D eigenvalue weighted by atomic mass is 15.2. The van der Waals surface area contributed by atoms with Crippen LogP contribution in [0, 0.1) is 0 Å². The van der Waals surface area contributed by atoms with Crippen molar-refractivity contribution in [2.75, 3.05) is 26.2 Å². The van der Waals surface area contributed by atoms with Crippen LogP contribution in [0.3, 0.4) is 0 Å². The number of hydrogen-bond acceptors (Lipinski definition) is 3. The summed E-state index contributed by atoms with van der Waals surface area (Å²) in [7, 11) is 0. The molecule has 3 unspecified atom stereocenters. The van der Waals surface area contributed by atoms with Gasteiger partial charge in [-0.2, -0.15) is 0 Å². The maximum Gasteiger partial charge on any atom is 0.0169 e. The van der Waals surface area contributed by atoms with Gasteiger partial charge in [-0.25, -0.2) is 0 Å². The standard InChI is InChI=1S/C17H35N3/c1-15(13-17-9-5-3-6-10-18-17)19-16(2)14-20-11-7-4-8-12-20/h15-19H,3-14H2,1-2H3. The summed E-state index contributed by atoms with van der Waals surface area (Å²) in [5, 5.41) is 7.53. The molecule has 2 heterocycles. The molecule has 2 aliphatic heterocycles. The first-order chi connectivity index (χ1) is 9.74. The second-order valence-corrected chi connectivity index (χ2v) is 7.07. The largest absolute Gasteiger partial charge is 0.314 e. The van der Waals surface area contributed by atoms with Gasteiger partial charge in [0.25, 0.3) is 0 Å². The van der Waals surface area contributed by atoms with Crippen molar-refractivity contribution < 1.29 is 0 Å². The van der Waals surface area contributed by atoms with Gasteiger partial charge in [-0.15, -0.1) is 0 Å². The minimum Gasteiger partial charge on any atom is -0.314 e. The van der Waals surface area contributed by atoms with E-state index in [9.17, 15) is 0 Å². The van der Waals surface area contributed by atoms with E-state index in [0.29, 0.717) is 12.1 Å². The van der Waals surface area contributed by atoms with Crippen LogP contribution in [-0.2, 0) is 0 Å². The van der Waals surface area contributed by atoms with Crippen molar-refractivity contribution in [3.63, 3.8) is 0 Å². The van der Waals surface area contributed by atoms with Crippen molar-refractivity contribution in [2.24, 2.45) is 0 Å². The lowest BCUT2D eigenvalue weighted by Gasteiger charge is -2.31. The van der Waals surface area contributed by atoms with Gasteiger partial charge >= 0.3 is 0 Å². The van der Waals surface area contributed by atoms with Gasteiger partial charge in [-0.05, 0) is 65.6 Å². The van der Waals surface area contributed by atoms with E-state index in [1.165, 1.54) is 77.5 Å². The van der Waals surface area contributed by atoms with Crippen LogP contribution in [0.15, 0.2) is 0 Å². The van der Waals surface area contributed by atoms with Gasteiger partial charge < -0.3 is 15.5 Å². The number of nitrogens with one attached hydrogen (secondary N) is 2. The number of rotatable bonds is 6. The summed E-state index contributed by atoms with van der Waals surface area (Å²) < 4.78 is 0. The van der Waals surface area contributed by atoms with Crippen molar-refractivity contribution >= 4 is 0 Å². The predicted octanol–water partition coefficient (Wildman–Crippen LogP) is 2.76. The van der Waals surface area contributed by atoms with E-state index in [1.807, 2.05) is 0 Å². The summed E-state index contributed by atoms with van der Waals surface area (Å²) in [6.07, 6.45) is 11.1. The van der Waals surface area contributed by atoms with Crippen molar-refractivity contribution in [1.29, 1.82) is 0 Å². The van der Waals surface area contributed by atoms with E-state index in [4.69, 9.17) is 0 Å². The summed E-state index contributed by atoms with van der Waals surface area (Å²) in [4.78, 5) is 2.64. The third-order valence-corrected chi connectivity index (χ3v) is 4.85. The van der Waals surface area contributed by atoms with Gasteiger partial charge in [0, 0.05) is 24.7 Å². The number of nitrogens with zero attached hydrogens (tertiary/aromatic N) is 1. The lowest BCUT2D eigenvalue weighted by atomic mass is 10.0. The minimum atomic E-state index is 0.619. The number of likely N-dealkylation sites (tertiary alicyclic amines) is 1. The summed E-state index contributed by atoms with van der Waals surface area (Å²) in [6.45, 7) is 9.78. The minimum absolute atomic E-state index is 0.619. The molecule has 0 amide bonds. The topological polar surface area (TPSA) is 27.3 Å². The average molecular weight is 281 g/mol. The van der Waals surface area contributed by atoms with Crippen LogP contribution in [0.4, 0.5) is 0 Å². The smallest absolute Gasteiger partial charge is 0.0169 e. The van der Waals surface area contributed by atoms with Gasteiger partial charge in [-0.1, -0.05) is 19.3 Å². The molecule has 0 saturated carbocycles. The van der Waals surface area contributed by atoms with Crippen LogP contribution in [0.5, 0.6) is 0 Å². The van der Waals surface area contributed by atoms with Crippen LogP contribution < -0.4 is 10.6 Å². The highest BCUT2D eigenvalue weighted by Gasteiger charge is 2.18. The van der Waals surface area contributed by atoms with Crippen LogP contribution in [0.1, 0.15) is 65.2 Å². The Morgan fingerprint density at radius 1 is 1.00 bits per heavy atom. The van der Waals surface area contributed by atoms with Gasteiger partial charge in [0.2, 0.25) is 0 Å². The quantitative estimate of drug-likeness (QED) is 0.784. The molecule has 3 nitrogen and oxygen atoms in total. The molecule has 0 aromatic carbocycles. The summed E-state index contributed by atoms with van der Waals surface area (Å²) in [5.74, 6) is 0. The molecule has 2 rings (SSSR count). The van der Waals surface area contributed by atoms with E-state index in [2.05, 4.69) is 29.4 Å². The zero-order valence-corrected chi connectivity index (χ0v) is 13.7. The summed E-state index contributed by atoms with van der Waals surface area (Å²) >= 11 is 0. The molecule has 2 fully saturated rings. The fourth-order valence-corrected chi connectivity index (χ4v) is 3.86. The fourth-order valence-electron chi connectivity index (χ4n) is 3.86. The van der Waals surface area contributed by atoms with Crippen LogP contribution in [0.2, 0.25) is 0 Å². The first-order valence-corrected chi connectivity index (χ1v) is 8.96. The Kier molecular flexibility index (Phi) is 7.32. The van der Waals surface area contributed by atoms with E-state index < -0.39 is 0 Å². The molecular formula is C17H35N3. The highest BCUT2D eigenvalue weighted by Crippen LogP contribution is 2.13. The average Bonchev–Trinajstić information content (AvgIpc) is 2.68. The van der Waals surface area contributed by atoms with Crippen molar-refractivity contribution in [3.8, 4) is 0 Å². The molecule has 3 atom stereocenters. The monoisotopic (exact) mass is 281 g/mol. The normalized spacial score (nSPS) is 28.8. The lowest BCUT2D eigenvalue weighted by molar-refractivity contribution is 0.203. The Morgan fingerprint density at radius 2 is 1.75 bits per heavy atom. The second kappa shape index (κ2) is 9.01. The number of piperidine rings is 1. The molecule has 3 heteroatoms. The fraction of sp³-hybridized carbons (Fsp3) is 1.00. The molecule has 0 aliphatic carbocycles. The molecule has 2 N–H and O–H groups in total. The first-order valence-electron chi connectivity index (χ1n) is 8.96. The Bertz CT molecular complexity index is 243. The van der Waals surface area contributed by atoms with Gasteiger partial charge in [0.15, 0.2) is 0 Å². The van der Waals surface area contributed by atoms with E-state index in [-0.39, 0.29) is 0 Å². The number of hydrogen-bond donors (Lipinski definition) is 2. The molecule has 0 bridgehead atoms. The molecule has 0 radical (unpaired) electrons. The highest BCUT2D eigenvalue weighted by molar-refractivity contribution is 4.79. The van der Waals surface area contributed by atoms with Crippen LogP contribution in [-0.4, -0.2) is 49.2 Å². The van der Waals surface area contributed by atoms with Crippen LogP contribution in [0.25, 0.3) is 0 Å². The zero-order chi connectivity index (χ0) is 14.2. The Hall–Kier alpha value is -0.120. The molecule has 20 heavy (non-hydrogen) atoms. The predicted molar refractivity (Wildman–Crippen MR) is 87.2 cm³/mol. The molecule has 0 aromatic rings. The van der Waals surface area contributed by atoms with Gasteiger partial charge in [-0.3, -0.25) is 0 Å². The molecule has 2 saturated heterocycles. The first kappa shape index (κ1) is 16.3. The van der Waals surface area contributed by atoms with E-state index in [0.717, 1.165) is 6.04 Å². The van der Waals surface area contributed by atoms with E-state index in [1.54, 1.807) is 0 Å². The third-order valence-electron chi connectivity index (χ3n) is 4.85. The summed E-state index contributed by atoms with van der Waals surface area (Å²) in [6, 6.07) is 1.99.